The molecule has 128 valence electrons. The quantitative estimate of drug-likeness (QED) is 0.713. The van der Waals surface area contributed by atoms with E-state index in [9.17, 15) is 4.79 Å². The van der Waals surface area contributed by atoms with Gasteiger partial charge in [-0.05, 0) is 37.4 Å². The molecule has 0 spiro atoms. The van der Waals surface area contributed by atoms with Gasteiger partial charge in [0.15, 0.2) is 6.61 Å². The first-order chi connectivity index (χ1) is 12.1. The van der Waals surface area contributed by atoms with Gasteiger partial charge in [-0.2, -0.15) is 0 Å². The maximum absolute atomic E-state index is 12.2. The topological polar surface area (TPSA) is 47.6 Å². The lowest BCUT2D eigenvalue weighted by Crippen LogP contribution is -2.20. The summed E-state index contributed by atoms with van der Waals surface area (Å²) in [6, 6.07) is 21.1. The van der Waals surface area contributed by atoms with Crippen molar-refractivity contribution in [2.75, 3.05) is 11.9 Å². The van der Waals surface area contributed by atoms with E-state index in [-0.39, 0.29) is 18.6 Å². The van der Waals surface area contributed by atoms with Gasteiger partial charge in [-0.25, -0.2) is 0 Å². The predicted molar refractivity (Wildman–Crippen MR) is 100 cm³/mol. The molecule has 0 heterocycles. The number of benzene rings is 3. The second-order valence-corrected chi connectivity index (χ2v) is 6.01. The number of carbonyl (C=O) groups is 1. The number of carbonyl (C=O) groups excluding carboxylic acids is 1. The molecule has 0 bridgehead atoms. The summed E-state index contributed by atoms with van der Waals surface area (Å²) >= 11 is 0. The number of nitrogens with one attached hydrogen (secondary N) is 1. The van der Waals surface area contributed by atoms with E-state index in [2.05, 4.69) is 5.32 Å². The number of amides is 1. The highest BCUT2D eigenvalue weighted by atomic mass is 16.5. The highest BCUT2D eigenvalue weighted by molar-refractivity contribution is 5.93. The zero-order valence-corrected chi connectivity index (χ0v) is 14.4. The Balaban J connectivity index is 1.63. The molecule has 0 atom stereocenters. The second kappa shape index (κ2) is 7.71. The molecule has 0 radical (unpaired) electrons. The molecule has 1 amide bonds. The average molecular weight is 335 g/mol. The standard InChI is InChI=1S/C21H21NO3/c1-15(2)25-18-10-6-9-17(13-18)22-21(23)14-24-20-12-5-8-16-7-3-4-11-19(16)20/h3-13,15H,14H2,1-2H3,(H,22,23). The Labute approximate surface area is 147 Å². The third-order valence-electron chi connectivity index (χ3n) is 3.60. The fraction of sp³-hybridized carbons (Fsp3) is 0.190. The first-order valence-electron chi connectivity index (χ1n) is 8.29. The molecule has 0 saturated carbocycles. The number of ether oxygens (including phenoxy) is 2. The van der Waals surface area contributed by atoms with Gasteiger partial charge in [0.25, 0.3) is 5.91 Å². The van der Waals surface area contributed by atoms with Gasteiger partial charge in [-0.15, -0.1) is 0 Å². The van der Waals surface area contributed by atoms with E-state index < -0.39 is 0 Å². The van der Waals surface area contributed by atoms with Crippen LogP contribution in [-0.2, 0) is 4.79 Å². The summed E-state index contributed by atoms with van der Waals surface area (Å²) in [6.45, 7) is 3.87. The lowest BCUT2D eigenvalue weighted by molar-refractivity contribution is -0.118. The highest BCUT2D eigenvalue weighted by Gasteiger charge is 2.07. The third kappa shape index (κ3) is 4.51. The molecule has 4 nitrogen and oxygen atoms in total. The van der Waals surface area contributed by atoms with Gasteiger partial charge in [0.05, 0.1) is 6.10 Å². The predicted octanol–water partition coefficient (Wildman–Crippen LogP) is 4.64. The van der Waals surface area contributed by atoms with Gasteiger partial charge < -0.3 is 14.8 Å². The molecular weight excluding hydrogens is 314 g/mol. The average Bonchev–Trinajstić information content (AvgIpc) is 2.59. The van der Waals surface area contributed by atoms with Crippen LogP contribution >= 0.6 is 0 Å². The van der Waals surface area contributed by atoms with Gasteiger partial charge in [-0.1, -0.05) is 42.5 Å². The Morgan fingerprint density at radius 3 is 2.60 bits per heavy atom. The molecule has 0 aliphatic rings. The summed E-state index contributed by atoms with van der Waals surface area (Å²) in [7, 11) is 0. The SMILES string of the molecule is CC(C)Oc1cccc(NC(=O)COc2cccc3ccccc23)c1. The van der Waals surface area contributed by atoms with Crippen molar-refractivity contribution < 1.29 is 14.3 Å². The smallest absolute Gasteiger partial charge is 0.262 e. The fourth-order valence-electron chi connectivity index (χ4n) is 2.58. The Morgan fingerprint density at radius 1 is 1.00 bits per heavy atom. The summed E-state index contributed by atoms with van der Waals surface area (Å²) < 4.78 is 11.3. The van der Waals surface area contributed by atoms with Crippen LogP contribution in [0.5, 0.6) is 11.5 Å². The maximum Gasteiger partial charge on any atom is 0.262 e. The van der Waals surface area contributed by atoms with Gasteiger partial charge in [0.1, 0.15) is 11.5 Å². The maximum atomic E-state index is 12.2. The van der Waals surface area contributed by atoms with Crippen LogP contribution in [0.15, 0.2) is 66.7 Å². The Hall–Kier alpha value is -3.01. The minimum atomic E-state index is -0.213. The normalized spacial score (nSPS) is 10.7. The molecule has 3 aromatic carbocycles. The number of anilines is 1. The van der Waals surface area contributed by atoms with E-state index >= 15 is 0 Å². The first kappa shape index (κ1) is 16.8. The number of hydrogen-bond donors (Lipinski definition) is 1. The van der Waals surface area contributed by atoms with E-state index in [1.165, 1.54) is 0 Å². The molecule has 0 unspecified atom stereocenters. The Kier molecular flexibility index (Phi) is 5.19. The zero-order valence-electron chi connectivity index (χ0n) is 14.4. The lowest BCUT2D eigenvalue weighted by Gasteiger charge is -2.12. The van der Waals surface area contributed by atoms with Crippen LogP contribution in [0.1, 0.15) is 13.8 Å². The number of hydrogen-bond acceptors (Lipinski definition) is 3. The van der Waals surface area contributed by atoms with E-state index in [4.69, 9.17) is 9.47 Å². The molecule has 1 N–H and O–H groups in total. The van der Waals surface area contributed by atoms with Gasteiger partial charge in [-0.3, -0.25) is 4.79 Å². The van der Waals surface area contributed by atoms with Gasteiger partial charge in [0, 0.05) is 17.1 Å². The van der Waals surface area contributed by atoms with E-state index in [0.29, 0.717) is 11.4 Å². The molecule has 0 fully saturated rings. The minimum Gasteiger partial charge on any atom is -0.491 e. The second-order valence-electron chi connectivity index (χ2n) is 6.01. The molecule has 3 rings (SSSR count). The molecule has 0 aromatic heterocycles. The van der Waals surface area contributed by atoms with Crippen molar-refractivity contribution in [1.82, 2.24) is 0 Å². The monoisotopic (exact) mass is 335 g/mol. The summed E-state index contributed by atoms with van der Waals surface area (Å²) in [5.41, 5.74) is 0.685. The van der Waals surface area contributed by atoms with Gasteiger partial charge in [0.2, 0.25) is 0 Å². The van der Waals surface area contributed by atoms with Crippen molar-refractivity contribution in [3.63, 3.8) is 0 Å². The van der Waals surface area contributed by atoms with E-state index in [1.54, 1.807) is 6.07 Å². The van der Waals surface area contributed by atoms with Crippen molar-refractivity contribution in [1.29, 1.82) is 0 Å². The minimum absolute atomic E-state index is 0.0523. The van der Waals surface area contributed by atoms with Crippen LogP contribution in [-0.4, -0.2) is 18.6 Å². The summed E-state index contributed by atoms with van der Waals surface area (Å²) in [6.07, 6.45) is 0.0839. The van der Waals surface area contributed by atoms with Crippen LogP contribution in [0.4, 0.5) is 5.69 Å². The zero-order chi connectivity index (χ0) is 17.6. The number of fused-ring (bicyclic) bond motifs is 1. The first-order valence-corrected chi connectivity index (χ1v) is 8.29. The van der Waals surface area contributed by atoms with Crippen LogP contribution < -0.4 is 14.8 Å². The largest absolute Gasteiger partial charge is 0.491 e. The summed E-state index contributed by atoms with van der Waals surface area (Å²) in [5.74, 6) is 1.21. The highest BCUT2D eigenvalue weighted by Crippen LogP contribution is 2.25. The molecular formula is C21H21NO3. The van der Waals surface area contributed by atoms with E-state index in [0.717, 1.165) is 16.5 Å². The van der Waals surface area contributed by atoms with Crippen LogP contribution in [0.2, 0.25) is 0 Å². The molecule has 0 saturated heterocycles. The van der Waals surface area contributed by atoms with Crippen molar-refractivity contribution in [2.45, 2.75) is 20.0 Å². The summed E-state index contributed by atoms with van der Waals surface area (Å²) in [5, 5.41) is 4.90. The van der Waals surface area contributed by atoms with Crippen molar-refractivity contribution in [3.05, 3.63) is 66.7 Å². The van der Waals surface area contributed by atoms with Gasteiger partial charge >= 0.3 is 0 Å². The van der Waals surface area contributed by atoms with E-state index in [1.807, 2.05) is 74.5 Å². The van der Waals surface area contributed by atoms with Crippen molar-refractivity contribution >= 4 is 22.4 Å². The summed E-state index contributed by atoms with van der Waals surface area (Å²) in [4.78, 5) is 12.2. The molecule has 3 aromatic rings. The lowest BCUT2D eigenvalue weighted by atomic mass is 10.1. The molecule has 0 aliphatic heterocycles. The van der Waals surface area contributed by atoms with Crippen molar-refractivity contribution in [3.8, 4) is 11.5 Å². The van der Waals surface area contributed by atoms with Crippen LogP contribution in [0, 0.1) is 0 Å². The Morgan fingerprint density at radius 2 is 1.76 bits per heavy atom. The Bertz CT molecular complexity index is 868. The fourth-order valence-corrected chi connectivity index (χ4v) is 2.58. The third-order valence-corrected chi connectivity index (χ3v) is 3.60. The van der Waals surface area contributed by atoms with Crippen LogP contribution in [0.25, 0.3) is 10.8 Å². The van der Waals surface area contributed by atoms with Crippen molar-refractivity contribution in [2.24, 2.45) is 0 Å². The number of rotatable bonds is 6. The molecule has 25 heavy (non-hydrogen) atoms. The molecule has 4 heteroatoms. The molecule has 0 aliphatic carbocycles. The van der Waals surface area contributed by atoms with Crippen LogP contribution in [0.3, 0.4) is 0 Å².